The van der Waals surface area contributed by atoms with E-state index in [0.29, 0.717) is 5.56 Å². The zero-order valence-electron chi connectivity index (χ0n) is 15.8. The highest BCUT2D eigenvalue weighted by Crippen LogP contribution is 2.39. The molecule has 5 nitrogen and oxygen atoms in total. The number of phenols is 1. The molecule has 2 aromatic rings. The van der Waals surface area contributed by atoms with Gasteiger partial charge in [0.1, 0.15) is 11.4 Å². The number of hydrogen-bond donors (Lipinski definition) is 3. The van der Waals surface area contributed by atoms with Crippen molar-refractivity contribution >= 4 is 5.82 Å². The Balaban J connectivity index is 1.69. The lowest BCUT2D eigenvalue weighted by molar-refractivity contribution is -0.0235. The Labute approximate surface area is 159 Å². The molecule has 1 aromatic carbocycles. The van der Waals surface area contributed by atoms with Crippen molar-refractivity contribution in [2.75, 3.05) is 5.32 Å². The first-order valence-corrected chi connectivity index (χ1v) is 9.60. The lowest BCUT2D eigenvalue weighted by Crippen LogP contribution is -2.48. The Kier molecular flexibility index (Phi) is 4.53. The predicted octanol–water partition coefficient (Wildman–Crippen LogP) is 3.42. The van der Waals surface area contributed by atoms with Gasteiger partial charge in [-0.15, -0.1) is 16.1 Å². The Morgan fingerprint density at radius 2 is 1.89 bits per heavy atom. The van der Waals surface area contributed by atoms with E-state index in [0.717, 1.165) is 55.6 Å². The smallest absolute Gasteiger partial charge is 0.152 e. The van der Waals surface area contributed by atoms with Crippen LogP contribution in [0.2, 0.25) is 0 Å². The lowest BCUT2D eigenvalue weighted by atomic mass is 9.77. The molecule has 140 valence electrons. The maximum Gasteiger partial charge on any atom is 0.152 e. The largest absolute Gasteiger partial charge is 0.507 e. The second-order valence-electron chi connectivity index (χ2n) is 7.91. The van der Waals surface area contributed by atoms with Crippen molar-refractivity contribution in [2.45, 2.75) is 64.0 Å². The summed E-state index contributed by atoms with van der Waals surface area (Å²) in [4.78, 5) is 0. The molecule has 4 rings (SSSR count). The van der Waals surface area contributed by atoms with Crippen molar-refractivity contribution in [1.29, 1.82) is 0 Å². The summed E-state index contributed by atoms with van der Waals surface area (Å²) in [5, 5.41) is 32.9. The molecule has 2 aliphatic carbocycles. The fourth-order valence-electron chi connectivity index (χ4n) is 4.23. The Morgan fingerprint density at radius 3 is 2.56 bits per heavy atom. The number of fused-ring (bicyclic) bond motifs is 1. The standard InChI is InChI=1S/C22H25N3O2/c1-3-6-14-9-10-18(19(26)11-14)20-16-7-4-5-8-17(16)21(25-24-20)23-15-12-22(2,27)13-15/h9-11,15,26-27H,4-5,7-8,12-13H2,1-2H3,(H,23,25). The minimum atomic E-state index is -0.569. The molecule has 0 aliphatic heterocycles. The van der Waals surface area contributed by atoms with Gasteiger partial charge in [-0.2, -0.15) is 0 Å². The van der Waals surface area contributed by atoms with Crippen molar-refractivity contribution in [2.24, 2.45) is 0 Å². The van der Waals surface area contributed by atoms with Crippen molar-refractivity contribution < 1.29 is 10.2 Å². The van der Waals surface area contributed by atoms with Crippen molar-refractivity contribution in [3.05, 3.63) is 34.9 Å². The number of rotatable bonds is 3. The molecule has 0 spiro atoms. The average molecular weight is 363 g/mol. The molecular formula is C22H25N3O2. The van der Waals surface area contributed by atoms with Crippen LogP contribution in [0.1, 0.15) is 56.2 Å². The van der Waals surface area contributed by atoms with Crippen LogP contribution in [0.5, 0.6) is 5.75 Å². The third-order valence-corrected chi connectivity index (χ3v) is 5.52. The van der Waals surface area contributed by atoms with Gasteiger partial charge in [-0.1, -0.05) is 5.92 Å². The first kappa shape index (κ1) is 17.8. The normalized spacial score (nSPS) is 23.6. The van der Waals surface area contributed by atoms with E-state index in [4.69, 9.17) is 0 Å². The van der Waals surface area contributed by atoms with Crippen LogP contribution >= 0.6 is 0 Å². The minimum Gasteiger partial charge on any atom is -0.507 e. The zero-order chi connectivity index (χ0) is 19.0. The van der Waals surface area contributed by atoms with Gasteiger partial charge in [0.05, 0.1) is 5.60 Å². The molecule has 3 N–H and O–H groups in total. The Morgan fingerprint density at radius 1 is 1.15 bits per heavy atom. The molecular weight excluding hydrogens is 338 g/mol. The third kappa shape index (κ3) is 3.50. The molecule has 27 heavy (non-hydrogen) atoms. The molecule has 0 unspecified atom stereocenters. The van der Waals surface area contributed by atoms with Crippen LogP contribution < -0.4 is 5.32 Å². The molecule has 1 saturated carbocycles. The molecule has 0 radical (unpaired) electrons. The Hall–Kier alpha value is -2.58. The van der Waals surface area contributed by atoms with Crippen molar-refractivity contribution in [3.63, 3.8) is 0 Å². The highest BCUT2D eigenvalue weighted by molar-refractivity contribution is 5.73. The number of aromatic hydroxyl groups is 1. The van der Waals surface area contributed by atoms with E-state index in [1.165, 1.54) is 11.1 Å². The molecule has 1 fully saturated rings. The van der Waals surface area contributed by atoms with E-state index >= 15 is 0 Å². The average Bonchev–Trinajstić information content (AvgIpc) is 2.61. The fourth-order valence-corrected chi connectivity index (χ4v) is 4.23. The van der Waals surface area contributed by atoms with E-state index in [1.807, 2.05) is 19.1 Å². The molecule has 0 atom stereocenters. The van der Waals surface area contributed by atoms with Crippen LogP contribution in [0, 0.1) is 11.8 Å². The summed E-state index contributed by atoms with van der Waals surface area (Å²) in [5.74, 6) is 6.83. The van der Waals surface area contributed by atoms with E-state index < -0.39 is 5.60 Å². The number of aliphatic hydroxyl groups is 1. The van der Waals surface area contributed by atoms with E-state index in [9.17, 15) is 10.2 Å². The first-order chi connectivity index (χ1) is 13.0. The van der Waals surface area contributed by atoms with Gasteiger partial charge >= 0.3 is 0 Å². The van der Waals surface area contributed by atoms with E-state index in [1.54, 1.807) is 13.0 Å². The molecule has 5 heteroatoms. The van der Waals surface area contributed by atoms with Gasteiger partial charge in [0.2, 0.25) is 0 Å². The molecule has 1 aromatic heterocycles. The number of nitrogens with zero attached hydrogens (tertiary/aromatic N) is 2. The van der Waals surface area contributed by atoms with Crippen LogP contribution in [0.15, 0.2) is 18.2 Å². The summed E-state index contributed by atoms with van der Waals surface area (Å²) < 4.78 is 0. The summed E-state index contributed by atoms with van der Waals surface area (Å²) >= 11 is 0. The van der Waals surface area contributed by atoms with Crippen molar-refractivity contribution in [1.82, 2.24) is 10.2 Å². The first-order valence-electron chi connectivity index (χ1n) is 9.60. The second kappa shape index (κ2) is 6.86. The zero-order valence-corrected chi connectivity index (χ0v) is 15.8. The SMILES string of the molecule is CC#Cc1ccc(-c2nnc(NC3CC(C)(O)C3)c3c2CCCC3)c(O)c1. The predicted molar refractivity (Wildman–Crippen MR) is 106 cm³/mol. The van der Waals surface area contributed by atoms with Gasteiger partial charge in [0.25, 0.3) is 0 Å². The van der Waals surface area contributed by atoms with Gasteiger partial charge in [-0.05, 0) is 76.1 Å². The third-order valence-electron chi connectivity index (χ3n) is 5.52. The number of nitrogens with one attached hydrogen (secondary N) is 1. The molecule has 0 bridgehead atoms. The molecule has 0 saturated heterocycles. The number of anilines is 1. The lowest BCUT2D eigenvalue weighted by Gasteiger charge is -2.41. The van der Waals surface area contributed by atoms with Crippen LogP contribution in [0.4, 0.5) is 5.82 Å². The number of phenolic OH excluding ortho intramolecular Hbond substituents is 1. The number of hydrogen-bond acceptors (Lipinski definition) is 5. The van der Waals surface area contributed by atoms with Crippen LogP contribution in [0.25, 0.3) is 11.3 Å². The minimum absolute atomic E-state index is 0.188. The second-order valence-corrected chi connectivity index (χ2v) is 7.91. The highest BCUT2D eigenvalue weighted by atomic mass is 16.3. The molecule has 0 amide bonds. The maximum atomic E-state index is 10.5. The topological polar surface area (TPSA) is 78.3 Å². The fraction of sp³-hybridized carbons (Fsp3) is 0.455. The molecule has 1 heterocycles. The number of benzene rings is 1. The summed E-state index contributed by atoms with van der Waals surface area (Å²) in [7, 11) is 0. The highest BCUT2D eigenvalue weighted by Gasteiger charge is 2.39. The van der Waals surface area contributed by atoms with Crippen LogP contribution in [-0.2, 0) is 12.8 Å². The van der Waals surface area contributed by atoms with Crippen LogP contribution in [-0.4, -0.2) is 32.1 Å². The van der Waals surface area contributed by atoms with Crippen LogP contribution in [0.3, 0.4) is 0 Å². The number of aromatic nitrogens is 2. The van der Waals surface area contributed by atoms with Crippen molar-refractivity contribution in [3.8, 4) is 28.8 Å². The van der Waals surface area contributed by atoms with Gasteiger partial charge in [-0.3, -0.25) is 0 Å². The Bertz CT molecular complexity index is 933. The van der Waals surface area contributed by atoms with Gasteiger partial charge < -0.3 is 15.5 Å². The van der Waals surface area contributed by atoms with Gasteiger partial charge in [0, 0.05) is 22.7 Å². The van der Waals surface area contributed by atoms with Gasteiger partial charge in [0.15, 0.2) is 5.82 Å². The van der Waals surface area contributed by atoms with E-state index in [2.05, 4.69) is 27.4 Å². The summed E-state index contributed by atoms with van der Waals surface area (Å²) in [6.07, 6.45) is 5.60. The van der Waals surface area contributed by atoms with Gasteiger partial charge in [-0.25, -0.2) is 0 Å². The summed E-state index contributed by atoms with van der Waals surface area (Å²) in [6.45, 7) is 3.64. The monoisotopic (exact) mass is 363 g/mol. The van der Waals surface area contributed by atoms with E-state index in [-0.39, 0.29) is 11.8 Å². The summed E-state index contributed by atoms with van der Waals surface area (Å²) in [6, 6.07) is 5.71. The molecule has 2 aliphatic rings. The quantitative estimate of drug-likeness (QED) is 0.728. The maximum absolute atomic E-state index is 10.5. The summed E-state index contributed by atoms with van der Waals surface area (Å²) in [5.41, 5.74) is 4.07.